The lowest BCUT2D eigenvalue weighted by Gasteiger charge is -2.32. The Morgan fingerprint density at radius 2 is 1.48 bits per heavy atom. The summed E-state index contributed by atoms with van der Waals surface area (Å²) in [5.74, 6) is -2.29. The number of amides is 2. The Morgan fingerprint density at radius 3 is 2.08 bits per heavy atom. The van der Waals surface area contributed by atoms with Gasteiger partial charge in [-0.1, -0.05) is 88.2 Å². The fraction of sp³-hybridized carbons (Fsp3) is 0.237. The number of carboxylic acid groups (broad SMARTS) is 1. The van der Waals surface area contributed by atoms with Gasteiger partial charge in [0.25, 0.3) is 11.6 Å². The average Bonchev–Trinajstić information content (AvgIpc) is 3.72. The van der Waals surface area contributed by atoms with Crippen LogP contribution in [0.3, 0.4) is 0 Å². The molecule has 52 heavy (non-hydrogen) atoms. The van der Waals surface area contributed by atoms with Crippen molar-refractivity contribution in [3.05, 3.63) is 140 Å². The lowest BCUT2D eigenvalue weighted by molar-refractivity contribution is -0.297. The van der Waals surface area contributed by atoms with Crippen molar-refractivity contribution >= 4 is 56.7 Å². The SMILES string of the molecule is Cc1ccc(C2CC(c3ccc(Br)cc3)=NN2C(=O)CCC(=O)O)cc1C.O=C(c1ccccc1)N1N=C(c2ccc(Cl)cc2)CC1(O)C(F)(F)F. The molecule has 0 radical (unpaired) electrons. The highest BCUT2D eigenvalue weighted by atomic mass is 79.9. The molecule has 2 atom stereocenters. The van der Waals surface area contributed by atoms with E-state index >= 15 is 0 Å². The Hall–Kier alpha value is -4.85. The minimum Gasteiger partial charge on any atom is -0.481 e. The van der Waals surface area contributed by atoms with Gasteiger partial charge in [-0.2, -0.15) is 28.4 Å². The van der Waals surface area contributed by atoms with Crippen molar-refractivity contribution in [1.82, 2.24) is 10.0 Å². The molecular formula is C38H33BrClF3N4O5. The smallest absolute Gasteiger partial charge is 0.438 e. The Morgan fingerprint density at radius 1 is 0.865 bits per heavy atom. The van der Waals surface area contributed by atoms with Crippen molar-refractivity contribution in [2.75, 3.05) is 0 Å². The number of nitrogens with zero attached hydrogens (tertiary/aromatic N) is 4. The predicted octanol–water partition coefficient (Wildman–Crippen LogP) is 8.45. The van der Waals surface area contributed by atoms with E-state index in [1.165, 1.54) is 59.1 Å². The van der Waals surface area contributed by atoms with Gasteiger partial charge in [-0.3, -0.25) is 14.4 Å². The van der Waals surface area contributed by atoms with Gasteiger partial charge < -0.3 is 10.2 Å². The van der Waals surface area contributed by atoms with Gasteiger partial charge in [0, 0.05) is 27.9 Å². The van der Waals surface area contributed by atoms with Crippen LogP contribution < -0.4 is 0 Å². The minimum absolute atomic E-state index is 0.00807. The molecule has 2 amide bonds. The van der Waals surface area contributed by atoms with Crippen LogP contribution in [0.25, 0.3) is 0 Å². The molecule has 2 unspecified atom stereocenters. The summed E-state index contributed by atoms with van der Waals surface area (Å²) >= 11 is 9.20. The van der Waals surface area contributed by atoms with Gasteiger partial charge in [-0.15, -0.1) is 0 Å². The van der Waals surface area contributed by atoms with Crippen LogP contribution in [0, 0.1) is 13.8 Å². The number of hydrogen-bond donors (Lipinski definition) is 2. The molecule has 0 saturated carbocycles. The van der Waals surface area contributed by atoms with Crippen LogP contribution in [0.2, 0.25) is 5.02 Å². The third-order valence-electron chi connectivity index (χ3n) is 8.64. The molecule has 0 saturated heterocycles. The highest BCUT2D eigenvalue weighted by molar-refractivity contribution is 9.10. The van der Waals surface area contributed by atoms with E-state index in [9.17, 15) is 32.7 Å². The number of aryl methyl sites for hydroxylation is 2. The highest BCUT2D eigenvalue weighted by Crippen LogP contribution is 2.42. The summed E-state index contributed by atoms with van der Waals surface area (Å²) in [4.78, 5) is 36.0. The highest BCUT2D eigenvalue weighted by Gasteiger charge is 2.63. The molecular weight excluding hydrogens is 765 g/mol. The number of carboxylic acids is 1. The molecule has 0 aliphatic carbocycles. The molecule has 4 aromatic rings. The number of aliphatic carboxylic acids is 1. The van der Waals surface area contributed by atoms with Gasteiger partial charge in [0.05, 0.1) is 30.3 Å². The minimum atomic E-state index is -5.07. The number of halogens is 5. The summed E-state index contributed by atoms with van der Waals surface area (Å²) in [6.07, 6.45) is -5.60. The van der Waals surface area contributed by atoms with Crippen LogP contribution in [0.5, 0.6) is 0 Å². The van der Waals surface area contributed by atoms with Gasteiger partial charge in [0.15, 0.2) is 0 Å². The van der Waals surface area contributed by atoms with E-state index in [1.807, 2.05) is 50.2 Å². The van der Waals surface area contributed by atoms with Crippen molar-refractivity contribution in [3.63, 3.8) is 0 Å². The van der Waals surface area contributed by atoms with E-state index in [-0.39, 0.29) is 41.1 Å². The summed E-state index contributed by atoms with van der Waals surface area (Å²) in [6.45, 7) is 4.09. The van der Waals surface area contributed by atoms with Crippen molar-refractivity contribution < 1.29 is 37.8 Å². The second kappa shape index (κ2) is 15.8. The summed E-state index contributed by atoms with van der Waals surface area (Å²) in [5, 5.41) is 29.5. The normalized spacial score (nSPS) is 18.3. The Balaban J connectivity index is 0.000000202. The van der Waals surface area contributed by atoms with E-state index < -0.39 is 30.2 Å². The van der Waals surface area contributed by atoms with E-state index in [2.05, 4.69) is 32.2 Å². The van der Waals surface area contributed by atoms with Crippen LogP contribution in [0.4, 0.5) is 13.2 Å². The molecule has 2 N–H and O–H groups in total. The Labute approximate surface area is 311 Å². The van der Waals surface area contributed by atoms with Crippen LogP contribution in [0.15, 0.2) is 112 Å². The molecule has 9 nitrogen and oxygen atoms in total. The van der Waals surface area contributed by atoms with Crippen molar-refractivity contribution in [2.45, 2.75) is 57.5 Å². The standard InChI is InChI=1S/C21H21BrN2O3.C17H12ClF3N2O2/c1-13-3-4-16(11-14(13)2)19-12-18(15-5-7-17(22)8-6-15)23-24(19)20(25)9-10-21(26)27;18-13-8-6-11(7-9-13)14-10-16(25,17(19,20)21)23(22-14)15(24)12-4-2-1-3-5-12/h3-8,11,19H,9-10,12H2,1-2H3,(H,26,27);1-9,25H,10H2. The van der Waals surface area contributed by atoms with E-state index in [0.29, 0.717) is 17.0 Å². The maximum absolute atomic E-state index is 13.5. The molecule has 14 heteroatoms. The fourth-order valence-corrected chi connectivity index (χ4v) is 5.99. The lowest BCUT2D eigenvalue weighted by Crippen LogP contribution is -2.56. The third-order valence-corrected chi connectivity index (χ3v) is 9.42. The summed E-state index contributed by atoms with van der Waals surface area (Å²) in [7, 11) is 0. The number of benzene rings is 4. The predicted molar refractivity (Wildman–Crippen MR) is 194 cm³/mol. The molecule has 0 fully saturated rings. The summed E-state index contributed by atoms with van der Waals surface area (Å²) in [5.41, 5.74) is 2.02. The first-order valence-corrected chi connectivity index (χ1v) is 17.2. The molecule has 0 aromatic heterocycles. The zero-order valence-corrected chi connectivity index (χ0v) is 30.3. The molecule has 0 spiro atoms. The molecule has 2 heterocycles. The van der Waals surface area contributed by atoms with Crippen LogP contribution in [0.1, 0.15) is 69.9 Å². The molecule has 4 aromatic carbocycles. The Kier molecular flexibility index (Phi) is 11.7. The first-order valence-electron chi connectivity index (χ1n) is 16.0. The second-order valence-corrected chi connectivity index (χ2v) is 13.6. The topological polar surface area (TPSA) is 123 Å². The van der Waals surface area contributed by atoms with Gasteiger partial charge in [0.2, 0.25) is 5.91 Å². The van der Waals surface area contributed by atoms with Gasteiger partial charge in [0.1, 0.15) is 0 Å². The summed E-state index contributed by atoms with van der Waals surface area (Å²) in [6, 6.07) is 27.0. The second-order valence-electron chi connectivity index (χ2n) is 12.3. The molecule has 2 aliphatic rings. The number of carbonyl (C=O) groups is 3. The first-order chi connectivity index (χ1) is 24.6. The zero-order valence-electron chi connectivity index (χ0n) is 27.9. The van der Waals surface area contributed by atoms with Gasteiger partial charge in [-0.25, -0.2) is 5.01 Å². The number of alkyl halides is 3. The summed E-state index contributed by atoms with van der Waals surface area (Å²) < 4.78 is 41.4. The molecule has 270 valence electrons. The number of aliphatic hydroxyl groups is 1. The van der Waals surface area contributed by atoms with Crippen molar-refractivity contribution in [2.24, 2.45) is 10.2 Å². The molecule has 2 aliphatic heterocycles. The van der Waals surface area contributed by atoms with E-state index in [1.54, 1.807) is 6.07 Å². The van der Waals surface area contributed by atoms with Gasteiger partial charge >= 0.3 is 12.1 Å². The van der Waals surface area contributed by atoms with E-state index in [0.717, 1.165) is 26.9 Å². The third kappa shape index (κ3) is 8.60. The average molecular weight is 798 g/mol. The van der Waals surface area contributed by atoms with Crippen LogP contribution >= 0.6 is 27.5 Å². The maximum Gasteiger partial charge on any atom is 0.438 e. The number of hydrogen-bond acceptors (Lipinski definition) is 6. The Bertz CT molecular complexity index is 2030. The quantitative estimate of drug-likeness (QED) is 0.194. The van der Waals surface area contributed by atoms with Crippen LogP contribution in [-0.4, -0.2) is 61.3 Å². The monoisotopic (exact) mass is 796 g/mol. The number of hydrazone groups is 2. The maximum atomic E-state index is 13.5. The van der Waals surface area contributed by atoms with Gasteiger partial charge in [-0.05, 0) is 78.1 Å². The number of carbonyl (C=O) groups excluding carboxylic acids is 2. The number of rotatable bonds is 7. The molecule has 0 bridgehead atoms. The zero-order chi connectivity index (χ0) is 37.8. The molecule has 6 rings (SSSR count). The first kappa shape index (κ1) is 38.4. The van der Waals surface area contributed by atoms with Crippen molar-refractivity contribution in [1.29, 1.82) is 0 Å². The van der Waals surface area contributed by atoms with E-state index in [4.69, 9.17) is 16.7 Å². The lowest BCUT2D eigenvalue weighted by atomic mass is 9.95. The van der Waals surface area contributed by atoms with Crippen LogP contribution in [-0.2, 0) is 9.59 Å². The fourth-order valence-electron chi connectivity index (χ4n) is 5.60. The van der Waals surface area contributed by atoms with Crippen molar-refractivity contribution in [3.8, 4) is 0 Å². The largest absolute Gasteiger partial charge is 0.481 e.